The number of aldehydes is 1. The summed E-state index contributed by atoms with van der Waals surface area (Å²) in [7, 11) is 0. The molecule has 3 heteroatoms. The standard InChI is InChI=1S/C22H34O3/c1-3-4-5-6-7-8-16-22(25-19(2)24)17-12-11-14-20-13-9-10-15-21(20)18-23/h9-12,14,17-18,20-22H,3-8,13,15-16H2,1-2H3/b14-11+,17-12+/t20-,21+,22?/m1/s1. The number of unbranched alkanes of at least 4 members (excludes halogenated alkanes) is 5. The number of hydrogen-bond donors (Lipinski definition) is 0. The van der Waals surface area contributed by atoms with Gasteiger partial charge in [-0.1, -0.05) is 69.4 Å². The molecule has 1 aliphatic carbocycles. The number of esters is 1. The molecule has 140 valence electrons. The molecule has 1 unspecified atom stereocenters. The Bertz CT molecular complexity index is 462. The molecule has 0 N–H and O–H groups in total. The average molecular weight is 347 g/mol. The molecule has 0 spiro atoms. The van der Waals surface area contributed by atoms with Crippen LogP contribution in [-0.4, -0.2) is 18.4 Å². The normalized spacial score (nSPS) is 21.7. The van der Waals surface area contributed by atoms with Crippen LogP contribution in [0.3, 0.4) is 0 Å². The van der Waals surface area contributed by atoms with Crippen LogP contribution in [0.2, 0.25) is 0 Å². The first-order valence-electron chi connectivity index (χ1n) is 9.79. The molecule has 0 aliphatic heterocycles. The Morgan fingerprint density at radius 2 is 1.76 bits per heavy atom. The largest absolute Gasteiger partial charge is 0.458 e. The van der Waals surface area contributed by atoms with Gasteiger partial charge in [0.1, 0.15) is 12.4 Å². The Morgan fingerprint density at radius 3 is 2.44 bits per heavy atom. The Balaban J connectivity index is 2.40. The van der Waals surface area contributed by atoms with Gasteiger partial charge in [0.15, 0.2) is 0 Å². The molecule has 1 rings (SSSR count). The quantitative estimate of drug-likeness (QED) is 0.153. The molecular weight excluding hydrogens is 312 g/mol. The summed E-state index contributed by atoms with van der Waals surface area (Å²) in [6.45, 7) is 3.68. The third-order valence-corrected chi connectivity index (χ3v) is 4.66. The minimum absolute atomic E-state index is 0.0852. The molecule has 3 atom stereocenters. The lowest BCUT2D eigenvalue weighted by Gasteiger charge is -2.20. The first kappa shape index (κ1) is 21.4. The van der Waals surface area contributed by atoms with Crippen LogP contribution in [0.25, 0.3) is 0 Å². The smallest absolute Gasteiger partial charge is 0.303 e. The molecule has 0 amide bonds. The summed E-state index contributed by atoms with van der Waals surface area (Å²) in [6, 6.07) is 0. The highest BCUT2D eigenvalue weighted by atomic mass is 16.5. The van der Waals surface area contributed by atoms with Crippen LogP contribution < -0.4 is 0 Å². The Hall–Kier alpha value is -1.64. The molecule has 0 saturated carbocycles. The highest BCUT2D eigenvalue weighted by Crippen LogP contribution is 2.25. The summed E-state index contributed by atoms with van der Waals surface area (Å²) in [4.78, 5) is 22.4. The van der Waals surface area contributed by atoms with Crippen LogP contribution in [0.5, 0.6) is 0 Å². The lowest BCUT2D eigenvalue weighted by molar-refractivity contribution is -0.144. The lowest BCUT2D eigenvalue weighted by atomic mass is 9.84. The van der Waals surface area contributed by atoms with Crippen LogP contribution in [0.1, 0.15) is 71.6 Å². The molecule has 0 aromatic heterocycles. The third kappa shape index (κ3) is 10.1. The number of allylic oxidation sites excluding steroid dienone is 5. The average Bonchev–Trinajstić information content (AvgIpc) is 2.61. The summed E-state index contributed by atoms with van der Waals surface area (Å²) in [5, 5.41) is 0. The predicted octanol–water partition coefficient (Wildman–Crippen LogP) is 5.56. The van der Waals surface area contributed by atoms with Gasteiger partial charge in [-0.2, -0.15) is 0 Å². The highest BCUT2D eigenvalue weighted by molar-refractivity contribution is 5.66. The van der Waals surface area contributed by atoms with Gasteiger partial charge in [-0.3, -0.25) is 4.79 Å². The van der Waals surface area contributed by atoms with Crippen LogP contribution in [0, 0.1) is 11.8 Å². The fourth-order valence-electron chi connectivity index (χ4n) is 3.16. The Labute approximate surface area is 153 Å². The summed E-state index contributed by atoms with van der Waals surface area (Å²) in [6.07, 6.45) is 23.1. The molecule has 3 nitrogen and oxygen atoms in total. The fourth-order valence-corrected chi connectivity index (χ4v) is 3.16. The van der Waals surface area contributed by atoms with Crippen molar-refractivity contribution in [2.24, 2.45) is 11.8 Å². The van der Waals surface area contributed by atoms with Crippen molar-refractivity contribution in [1.29, 1.82) is 0 Å². The maximum atomic E-state index is 11.3. The van der Waals surface area contributed by atoms with Gasteiger partial charge in [0.25, 0.3) is 0 Å². The van der Waals surface area contributed by atoms with E-state index in [0.717, 1.165) is 32.0 Å². The Kier molecular flexibility index (Phi) is 11.7. The van der Waals surface area contributed by atoms with E-state index in [9.17, 15) is 9.59 Å². The van der Waals surface area contributed by atoms with Gasteiger partial charge in [-0.25, -0.2) is 0 Å². The minimum Gasteiger partial charge on any atom is -0.458 e. The number of rotatable bonds is 12. The van der Waals surface area contributed by atoms with E-state index in [-0.39, 0.29) is 23.9 Å². The molecule has 0 radical (unpaired) electrons. The van der Waals surface area contributed by atoms with E-state index in [1.165, 1.54) is 39.0 Å². The lowest BCUT2D eigenvalue weighted by Crippen LogP contribution is -2.15. The highest BCUT2D eigenvalue weighted by Gasteiger charge is 2.18. The van der Waals surface area contributed by atoms with E-state index >= 15 is 0 Å². The van der Waals surface area contributed by atoms with Gasteiger partial charge in [0, 0.05) is 12.8 Å². The summed E-state index contributed by atoms with van der Waals surface area (Å²) in [5.41, 5.74) is 0. The number of hydrogen-bond acceptors (Lipinski definition) is 3. The van der Waals surface area contributed by atoms with Gasteiger partial charge in [0.2, 0.25) is 0 Å². The van der Waals surface area contributed by atoms with E-state index in [2.05, 4.69) is 25.2 Å². The molecule has 1 aliphatic rings. The molecule has 0 aromatic carbocycles. The van der Waals surface area contributed by atoms with Crippen molar-refractivity contribution in [3.8, 4) is 0 Å². The van der Waals surface area contributed by atoms with Gasteiger partial charge in [0.05, 0.1) is 0 Å². The van der Waals surface area contributed by atoms with Crippen LogP contribution in [-0.2, 0) is 14.3 Å². The van der Waals surface area contributed by atoms with Gasteiger partial charge < -0.3 is 9.53 Å². The second-order valence-corrected chi connectivity index (χ2v) is 6.88. The first-order chi connectivity index (χ1) is 12.2. The predicted molar refractivity (Wildman–Crippen MR) is 103 cm³/mol. The molecule has 0 fully saturated rings. The van der Waals surface area contributed by atoms with Crippen molar-refractivity contribution in [3.05, 3.63) is 36.5 Å². The minimum atomic E-state index is -0.233. The number of carbonyl (C=O) groups is 2. The molecule has 0 heterocycles. The van der Waals surface area contributed by atoms with Crippen LogP contribution in [0.15, 0.2) is 36.5 Å². The van der Waals surface area contributed by atoms with Gasteiger partial charge in [-0.05, 0) is 37.7 Å². The van der Waals surface area contributed by atoms with E-state index < -0.39 is 0 Å². The van der Waals surface area contributed by atoms with Crippen LogP contribution in [0.4, 0.5) is 0 Å². The summed E-state index contributed by atoms with van der Waals surface area (Å²) < 4.78 is 5.39. The van der Waals surface area contributed by atoms with Crippen molar-refractivity contribution in [2.75, 3.05) is 0 Å². The van der Waals surface area contributed by atoms with Crippen molar-refractivity contribution >= 4 is 12.3 Å². The molecular formula is C22H34O3. The van der Waals surface area contributed by atoms with E-state index in [1.807, 2.05) is 18.2 Å². The summed E-state index contributed by atoms with van der Waals surface area (Å²) >= 11 is 0. The topological polar surface area (TPSA) is 43.4 Å². The van der Waals surface area contributed by atoms with Gasteiger partial charge >= 0.3 is 5.97 Å². The second-order valence-electron chi connectivity index (χ2n) is 6.88. The zero-order valence-electron chi connectivity index (χ0n) is 15.9. The SMILES string of the molecule is CCCCCCCCC(/C=C/C=C/[C@H]1CC=CC[C@H]1C=O)OC(C)=O. The zero-order chi connectivity index (χ0) is 18.3. The van der Waals surface area contributed by atoms with Crippen molar-refractivity contribution < 1.29 is 14.3 Å². The van der Waals surface area contributed by atoms with Crippen molar-refractivity contribution in [1.82, 2.24) is 0 Å². The van der Waals surface area contributed by atoms with Crippen molar-refractivity contribution in [3.63, 3.8) is 0 Å². The van der Waals surface area contributed by atoms with Gasteiger partial charge in [-0.15, -0.1) is 0 Å². The summed E-state index contributed by atoms with van der Waals surface area (Å²) in [5.74, 6) is 0.128. The number of ether oxygens (including phenoxy) is 1. The first-order valence-corrected chi connectivity index (χ1v) is 9.79. The maximum Gasteiger partial charge on any atom is 0.303 e. The van der Waals surface area contributed by atoms with E-state index in [4.69, 9.17) is 4.74 Å². The molecule has 0 aromatic rings. The van der Waals surface area contributed by atoms with Crippen molar-refractivity contribution in [2.45, 2.75) is 77.7 Å². The van der Waals surface area contributed by atoms with E-state index in [0.29, 0.717) is 0 Å². The molecule has 0 saturated heterocycles. The molecule has 25 heavy (non-hydrogen) atoms. The fraction of sp³-hybridized carbons (Fsp3) is 0.636. The third-order valence-electron chi connectivity index (χ3n) is 4.66. The monoisotopic (exact) mass is 346 g/mol. The Morgan fingerprint density at radius 1 is 1.08 bits per heavy atom. The van der Waals surface area contributed by atoms with E-state index in [1.54, 1.807) is 0 Å². The van der Waals surface area contributed by atoms with Crippen LogP contribution >= 0.6 is 0 Å². The number of carbonyl (C=O) groups excluding carboxylic acids is 2. The zero-order valence-corrected chi connectivity index (χ0v) is 15.9. The second kappa shape index (κ2) is 13.6. The molecule has 0 bridgehead atoms. The maximum absolute atomic E-state index is 11.3.